The van der Waals surface area contributed by atoms with E-state index in [0.29, 0.717) is 17.1 Å². The van der Waals surface area contributed by atoms with E-state index < -0.39 is 0 Å². The minimum atomic E-state index is -0.250. The number of rotatable bonds is 8. The van der Waals surface area contributed by atoms with Gasteiger partial charge in [-0.05, 0) is 53.6 Å². The Balaban J connectivity index is 1.26. The van der Waals surface area contributed by atoms with E-state index in [1.165, 1.54) is 11.3 Å². The summed E-state index contributed by atoms with van der Waals surface area (Å²) in [5.41, 5.74) is 6.42. The number of nitrogens with zero attached hydrogens (tertiary/aromatic N) is 3. The van der Waals surface area contributed by atoms with E-state index in [9.17, 15) is 4.79 Å². The summed E-state index contributed by atoms with van der Waals surface area (Å²) in [6, 6.07) is 23.7. The summed E-state index contributed by atoms with van der Waals surface area (Å²) in [7, 11) is 3.16. The molecule has 176 valence electrons. The third kappa shape index (κ3) is 5.94. The lowest BCUT2D eigenvalue weighted by molar-refractivity contribution is 0.0955. The summed E-state index contributed by atoms with van der Waals surface area (Å²) in [4.78, 5) is 17.3. The minimum Gasteiger partial charge on any atom is -0.493 e. The average Bonchev–Trinajstić information content (AvgIpc) is 2.90. The first-order valence-electron chi connectivity index (χ1n) is 11.3. The van der Waals surface area contributed by atoms with Crippen molar-refractivity contribution in [3.63, 3.8) is 0 Å². The number of hydrazone groups is 1. The molecule has 1 aliphatic heterocycles. The van der Waals surface area contributed by atoms with Gasteiger partial charge in [-0.25, -0.2) is 5.43 Å². The van der Waals surface area contributed by atoms with E-state index in [-0.39, 0.29) is 5.91 Å². The molecule has 1 heterocycles. The predicted molar refractivity (Wildman–Crippen MR) is 135 cm³/mol. The molecule has 7 heteroatoms. The standard InChI is InChI=1S/C27H30N4O3/c1-33-25-13-10-22(18-26(25)34-2)19-28-29-27(32)23-11-8-21(9-12-23)20-30-14-16-31(17-15-30)24-6-4-3-5-7-24/h3-13,18-19H,14-17,20H2,1-2H3,(H,29,32)/b28-19-. The molecule has 0 aliphatic carbocycles. The second-order valence-electron chi connectivity index (χ2n) is 8.11. The molecule has 1 fully saturated rings. The molecular weight excluding hydrogens is 428 g/mol. The summed E-state index contributed by atoms with van der Waals surface area (Å²) >= 11 is 0. The fourth-order valence-electron chi connectivity index (χ4n) is 3.99. The van der Waals surface area contributed by atoms with Crippen molar-refractivity contribution in [2.75, 3.05) is 45.3 Å². The fraction of sp³-hybridized carbons (Fsp3) is 0.259. The minimum absolute atomic E-state index is 0.250. The Morgan fingerprint density at radius 2 is 1.62 bits per heavy atom. The van der Waals surface area contributed by atoms with Crippen LogP contribution in [0.1, 0.15) is 21.5 Å². The van der Waals surface area contributed by atoms with Crippen LogP contribution in [0, 0.1) is 0 Å². The molecule has 0 saturated carbocycles. The number of carbonyl (C=O) groups excluding carboxylic acids is 1. The molecule has 0 atom stereocenters. The Labute approximate surface area is 200 Å². The van der Waals surface area contributed by atoms with Crippen molar-refractivity contribution in [1.29, 1.82) is 0 Å². The number of anilines is 1. The number of para-hydroxylation sites is 1. The molecule has 0 aromatic heterocycles. The number of amides is 1. The number of nitrogens with one attached hydrogen (secondary N) is 1. The van der Waals surface area contributed by atoms with Gasteiger partial charge in [0.15, 0.2) is 11.5 Å². The van der Waals surface area contributed by atoms with Crippen LogP contribution in [-0.2, 0) is 6.54 Å². The second-order valence-corrected chi connectivity index (χ2v) is 8.11. The highest BCUT2D eigenvalue weighted by Crippen LogP contribution is 2.26. The van der Waals surface area contributed by atoms with Crippen LogP contribution in [0.25, 0.3) is 0 Å². The van der Waals surface area contributed by atoms with Gasteiger partial charge in [0.1, 0.15) is 0 Å². The first kappa shape index (κ1) is 23.3. The van der Waals surface area contributed by atoms with E-state index >= 15 is 0 Å². The fourth-order valence-corrected chi connectivity index (χ4v) is 3.99. The summed E-state index contributed by atoms with van der Waals surface area (Å²) in [5, 5.41) is 4.06. The molecule has 7 nitrogen and oxygen atoms in total. The van der Waals surface area contributed by atoms with Crippen LogP contribution in [0.2, 0.25) is 0 Å². The van der Waals surface area contributed by atoms with Crippen LogP contribution in [0.4, 0.5) is 5.69 Å². The maximum atomic E-state index is 12.4. The van der Waals surface area contributed by atoms with Gasteiger partial charge in [0, 0.05) is 44.0 Å². The van der Waals surface area contributed by atoms with Crippen molar-refractivity contribution >= 4 is 17.8 Å². The summed E-state index contributed by atoms with van der Waals surface area (Å²) in [5.74, 6) is 0.997. The second kappa shape index (κ2) is 11.3. The quantitative estimate of drug-likeness (QED) is 0.411. The van der Waals surface area contributed by atoms with Gasteiger partial charge in [-0.1, -0.05) is 30.3 Å². The lowest BCUT2D eigenvalue weighted by atomic mass is 10.1. The van der Waals surface area contributed by atoms with Gasteiger partial charge in [0.05, 0.1) is 20.4 Å². The van der Waals surface area contributed by atoms with Crippen LogP contribution in [-0.4, -0.2) is 57.4 Å². The zero-order chi connectivity index (χ0) is 23.8. The Kier molecular flexibility index (Phi) is 7.78. The molecule has 3 aromatic carbocycles. The van der Waals surface area contributed by atoms with Crippen LogP contribution >= 0.6 is 0 Å². The Morgan fingerprint density at radius 1 is 0.912 bits per heavy atom. The number of hydrogen-bond acceptors (Lipinski definition) is 6. The Bertz CT molecular complexity index is 1110. The number of carbonyl (C=O) groups is 1. The molecule has 1 N–H and O–H groups in total. The van der Waals surface area contributed by atoms with E-state index in [4.69, 9.17) is 9.47 Å². The highest BCUT2D eigenvalue weighted by Gasteiger charge is 2.17. The zero-order valence-electron chi connectivity index (χ0n) is 19.6. The average molecular weight is 459 g/mol. The first-order valence-corrected chi connectivity index (χ1v) is 11.3. The molecule has 1 saturated heterocycles. The maximum Gasteiger partial charge on any atom is 0.271 e. The summed E-state index contributed by atoms with van der Waals surface area (Å²) in [6.45, 7) is 4.94. The zero-order valence-corrected chi connectivity index (χ0v) is 19.6. The highest BCUT2D eigenvalue weighted by molar-refractivity contribution is 5.95. The van der Waals surface area contributed by atoms with E-state index in [2.05, 4.69) is 44.6 Å². The molecule has 0 radical (unpaired) electrons. The molecule has 34 heavy (non-hydrogen) atoms. The van der Waals surface area contributed by atoms with Crippen LogP contribution in [0.3, 0.4) is 0 Å². The Hall–Kier alpha value is -3.84. The van der Waals surface area contributed by atoms with Crippen molar-refractivity contribution < 1.29 is 14.3 Å². The first-order chi connectivity index (χ1) is 16.7. The topological polar surface area (TPSA) is 66.4 Å². The van der Waals surface area contributed by atoms with Crippen molar-refractivity contribution in [2.24, 2.45) is 5.10 Å². The molecule has 0 spiro atoms. The van der Waals surface area contributed by atoms with Crippen molar-refractivity contribution in [3.8, 4) is 11.5 Å². The summed E-state index contributed by atoms with van der Waals surface area (Å²) in [6.07, 6.45) is 1.57. The molecule has 0 bridgehead atoms. The van der Waals surface area contributed by atoms with Gasteiger partial charge in [-0.3, -0.25) is 9.69 Å². The predicted octanol–water partition coefficient (Wildman–Crippen LogP) is 3.79. The smallest absolute Gasteiger partial charge is 0.271 e. The molecule has 4 rings (SSSR count). The van der Waals surface area contributed by atoms with Crippen LogP contribution in [0.15, 0.2) is 77.9 Å². The largest absolute Gasteiger partial charge is 0.493 e. The van der Waals surface area contributed by atoms with E-state index in [1.54, 1.807) is 32.6 Å². The van der Waals surface area contributed by atoms with Gasteiger partial charge < -0.3 is 14.4 Å². The van der Waals surface area contributed by atoms with E-state index in [1.807, 2.05) is 36.4 Å². The highest BCUT2D eigenvalue weighted by atomic mass is 16.5. The lowest BCUT2D eigenvalue weighted by Gasteiger charge is -2.36. The Morgan fingerprint density at radius 3 is 2.29 bits per heavy atom. The number of methoxy groups -OCH3 is 2. The van der Waals surface area contributed by atoms with Crippen molar-refractivity contribution in [2.45, 2.75) is 6.54 Å². The number of benzene rings is 3. The normalized spacial score (nSPS) is 14.2. The number of piperazine rings is 1. The van der Waals surface area contributed by atoms with Gasteiger partial charge in [-0.15, -0.1) is 0 Å². The third-order valence-corrected chi connectivity index (χ3v) is 5.90. The third-order valence-electron chi connectivity index (χ3n) is 5.90. The molecule has 3 aromatic rings. The molecular formula is C27H30N4O3. The maximum absolute atomic E-state index is 12.4. The van der Waals surface area contributed by atoms with Gasteiger partial charge >= 0.3 is 0 Å². The molecule has 0 unspecified atom stereocenters. The SMILES string of the molecule is COc1ccc(/C=N\NC(=O)c2ccc(CN3CCN(c4ccccc4)CC3)cc2)cc1OC. The van der Waals surface area contributed by atoms with Crippen LogP contribution in [0.5, 0.6) is 11.5 Å². The monoisotopic (exact) mass is 458 g/mol. The number of hydrogen-bond donors (Lipinski definition) is 1. The van der Waals surface area contributed by atoms with Gasteiger partial charge in [-0.2, -0.15) is 5.10 Å². The lowest BCUT2D eigenvalue weighted by Crippen LogP contribution is -2.45. The van der Waals surface area contributed by atoms with Gasteiger partial charge in [0.2, 0.25) is 0 Å². The van der Waals surface area contributed by atoms with E-state index in [0.717, 1.165) is 38.3 Å². The summed E-state index contributed by atoms with van der Waals surface area (Å²) < 4.78 is 10.5. The molecule has 1 aliphatic rings. The van der Waals surface area contributed by atoms with Gasteiger partial charge in [0.25, 0.3) is 5.91 Å². The van der Waals surface area contributed by atoms with Crippen molar-refractivity contribution in [3.05, 3.63) is 89.5 Å². The molecule has 1 amide bonds. The van der Waals surface area contributed by atoms with Crippen molar-refractivity contribution in [1.82, 2.24) is 10.3 Å². The van der Waals surface area contributed by atoms with Crippen LogP contribution < -0.4 is 19.8 Å². The number of ether oxygens (including phenoxy) is 2.